The summed E-state index contributed by atoms with van der Waals surface area (Å²) in [6, 6.07) is 1.20. The molecule has 0 aromatic heterocycles. The van der Waals surface area contributed by atoms with Crippen molar-refractivity contribution in [3.05, 3.63) is 0 Å². The second-order valence-corrected chi connectivity index (χ2v) is 6.88. The molecule has 3 aliphatic rings. The molecule has 1 amide bonds. The molecule has 0 aromatic rings. The van der Waals surface area contributed by atoms with Gasteiger partial charge in [-0.2, -0.15) is 0 Å². The number of rotatable bonds is 4. The van der Waals surface area contributed by atoms with E-state index in [1.54, 1.807) is 0 Å². The van der Waals surface area contributed by atoms with Crippen molar-refractivity contribution < 1.29 is 4.79 Å². The summed E-state index contributed by atoms with van der Waals surface area (Å²) in [4.78, 5) is 14.9. The van der Waals surface area contributed by atoms with E-state index in [4.69, 9.17) is 0 Å². The fourth-order valence-corrected chi connectivity index (χ4v) is 3.70. The standard InChI is InChI=1S/C16H27NO/c1-3-12-4-6-13(7-5-12)17(14-8-9-14)16(18)15-10-11(15)2/h11-15H,3-10H2,1-2H3. The molecule has 0 aromatic carbocycles. The summed E-state index contributed by atoms with van der Waals surface area (Å²) in [6.45, 7) is 4.53. The minimum atomic E-state index is 0.384. The van der Waals surface area contributed by atoms with Gasteiger partial charge in [0.15, 0.2) is 0 Å². The van der Waals surface area contributed by atoms with Crippen LogP contribution in [0.15, 0.2) is 0 Å². The number of nitrogens with zero attached hydrogens (tertiary/aromatic N) is 1. The molecule has 0 spiro atoms. The smallest absolute Gasteiger partial charge is 0.226 e. The molecule has 0 aliphatic heterocycles. The van der Waals surface area contributed by atoms with Crippen LogP contribution in [-0.2, 0) is 4.79 Å². The summed E-state index contributed by atoms with van der Waals surface area (Å²) in [6.07, 6.45) is 10.2. The first-order chi connectivity index (χ1) is 8.70. The average molecular weight is 249 g/mol. The molecule has 2 nitrogen and oxygen atoms in total. The molecular formula is C16H27NO. The normalized spacial score (nSPS) is 39.4. The predicted octanol–water partition coefficient (Wildman–Crippen LogP) is 3.60. The summed E-state index contributed by atoms with van der Waals surface area (Å²) in [5, 5.41) is 0. The van der Waals surface area contributed by atoms with Crippen LogP contribution in [0.1, 0.15) is 65.2 Å². The van der Waals surface area contributed by atoms with Gasteiger partial charge in [0.25, 0.3) is 0 Å². The molecule has 0 heterocycles. The molecule has 3 aliphatic carbocycles. The Labute approximate surface area is 111 Å². The maximum Gasteiger partial charge on any atom is 0.226 e. The van der Waals surface area contributed by atoms with E-state index in [1.807, 2.05) is 0 Å². The number of carbonyl (C=O) groups is 1. The van der Waals surface area contributed by atoms with E-state index in [2.05, 4.69) is 18.7 Å². The Morgan fingerprint density at radius 1 is 1.06 bits per heavy atom. The molecule has 3 fully saturated rings. The second kappa shape index (κ2) is 4.86. The second-order valence-electron chi connectivity index (χ2n) is 6.88. The van der Waals surface area contributed by atoms with E-state index in [0.29, 0.717) is 29.8 Å². The highest BCUT2D eigenvalue weighted by Gasteiger charge is 2.47. The van der Waals surface area contributed by atoms with E-state index >= 15 is 0 Å². The molecule has 18 heavy (non-hydrogen) atoms. The van der Waals surface area contributed by atoms with Gasteiger partial charge in [0.05, 0.1) is 0 Å². The van der Waals surface area contributed by atoms with Gasteiger partial charge in [0, 0.05) is 18.0 Å². The zero-order valence-corrected chi connectivity index (χ0v) is 11.9. The monoisotopic (exact) mass is 249 g/mol. The zero-order valence-electron chi connectivity index (χ0n) is 11.9. The molecule has 102 valence electrons. The van der Waals surface area contributed by atoms with Gasteiger partial charge in [0.1, 0.15) is 0 Å². The van der Waals surface area contributed by atoms with Crippen LogP contribution in [0.25, 0.3) is 0 Å². The first-order valence-electron chi connectivity index (χ1n) is 8.02. The van der Waals surface area contributed by atoms with Crippen molar-refractivity contribution >= 4 is 5.91 Å². The molecule has 0 N–H and O–H groups in total. The number of hydrogen-bond acceptors (Lipinski definition) is 1. The molecule has 2 heteroatoms. The van der Waals surface area contributed by atoms with E-state index in [0.717, 1.165) is 12.3 Å². The van der Waals surface area contributed by atoms with Gasteiger partial charge in [-0.15, -0.1) is 0 Å². The van der Waals surface area contributed by atoms with Gasteiger partial charge in [-0.25, -0.2) is 0 Å². The van der Waals surface area contributed by atoms with Crippen LogP contribution < -0.4 is 0 Å². The molecule has 3 saturated carbocycles. The van der Waals surface area contributed by atoms with Crippen LogP contribution in [-0.4, -0.2) is 22.9 Å². The van der Waals surface area contributed by atoms with Crippen molar-refractivity contribution in [2.45, 2.75) is 77.3 Å². The Hall–Kier alpha value is -0.530. The van der Waals surface area contributed by atoms with Crippen molar-refractivity contribution in [2.24, 2.45) is 17.8 Å². The predicted molar refractivity (Wildman–Crippen MR) is 73.2 cm³/mol. The Kier molecular flexibility index (Phi) is 3.38. The molecular weight excluding hydrogens is 222 g/mol. The fraction of sp³-hybridized carbons (Fsp3) is 0.938. The van der Waals surface area contributed by atoms with Crippen LogP contribution in [0.5, 0.6) is 0 Å². The molecule has 2 unspecified atom stereocenters. The third-order valence-corrected chi connectivity index (χ3v) is 5.41. The zero-order chi connectivity index (χ0) is 12.7. The number of carbonyl (C=O) groups excluding carboxylic acids is 1. The van der Waals surface area contributed by atoms with E-state index in [9.17, 15) is 4.79 Å². The summed E-state index contributed by atoms with van der Waals surface area (Å²) >= 11 is 0. The van der Waals surface area contributed by atoms with E-state index in [-0.39, 0.29) is 0 Å². The summed E-state index contributed by atoms with van der Waals surface area (Å²) in [5.74, 6) is 2.47. The number of hydrogen-bond donors (Lipinski definition) is 0. The summed E-state index contributed by atoms with van der Waals surface area (Å²) < 4.78 is 0. The van der Waals surface area contributed by atoms with E-state index < -0.39 is 0 Å². The first-order valence-corrected chi connectivity index (χ1v) is 8.02. The highest BCUT2D eigenvalue weighted by Crippen LogP contribution is 2.44. The minimum Gasteiger partial charge on any atom is -0.336 e. The Morgan fingerprint density at radius 3 is 1.94 bits per heavy atom. The van der Waals surface area contributed by atoms with Crippen LogP contribution in [0.3, 0.4) is 0 Å². The maximum absolute atomic E-state index is 12.6. The Bertz CT molecular complexity index is 315. The van der Waals surface area contributed by atoms with Gasteiger partial charge in [-0.3, -0.25) is 4.79 Å². The topological polar surface area (TPSA) is 20.3 Å². The van der Waals surface area contributed by atoms with Crippen molar-refractivity contribution in [1.29, 1.82) is 0 Å². The molecule has 3 rings (SSSR count). The lowest BCUT2D eigenvalue weighted by Crippen LogP contribution is -2.44. The van der Waals surface area contributed by atoms with Crippen molar-refractivity contribution in [1.82, 2.24) is 4.90 Å². The van der Waals surface area contributed by atoms with Crippen LogP contribution >= 0.6 is 0 Å². The third kappa shape index (κ3) is 2.44. The van der Waals surface area contributed by atoms with Gasteiger partial charge in [-0.05, 0) is 56.8 Å². The lowest BCUT2D eigenvalue weighted by molar-refractivity contribution is -0.136. The van der Waals surface area contributed by atoms with Crippen LogP contribution in [0.2, 0.25) is 0 Å². The largest absolute Gasteiger partial charge is 0.336 e. The van der Waals surface area contributed by atoms with Crippen LogP contribution in [0, 0.1) is 17.8 Å². The maximum atomic E-state index is 12.6. The molecule has 0 saturated heterocycles. The minimum absolute atomic E-state index is 0.384. The number of amides is 1. The van der Waals surface area contributed by atoms with Crippen molar-refractivity contribution in [3.8, 4) is 0 Å². The quantitative estimate of drug-likeness (QED) is 0.745. The van der Waals surface area contributed by atoms with Gasteiger partial charge in [0.2, 0.25) is 5.91 Å². The molecule has 0 radical (unpaired) electrons. The van der Waals surface area contributed by atoms with E-state index in [1.165, 1.54) is 44.9 Å². The van der Waals surface area contributed by atoms with Crippen molar-refractivity contribution in [3.63, 3.8) is 0 Å². The van der Waals surface area contributed by atoms with Gasteiger partial charge >= 0.3 is 0 Å². The lowest BCUT2D eigenvalue weighted by Gasteiger charge is -2.37. The van der Waals surface area contributed by atoms with Crippen LogP contribution in [0.4, 0.5) is 0 Å². The fourth-order valence-electron chi connectivity index (χ4n) is 3.70. The van der Waals surface area contributed by atoms with Gasteiger partial charge < -0.3 is 4.90 Å². The Balaban J connectivity index is 1.62. The highest BCUT2D eigenvalue weighted by molar-refractivity contribution is 5.82. The SMILES string of the molecule is CCC1CCC(N(C(=O)C2CC2C)C2CC2)CC1. The summed E-state index contributed by atoms with van der Waals surface area (Å²) in [7, 11) is 0. The lowest BCUT2D eigenvalue weighted by atomic mass is 9.83. The molecule has 2 atom stereocenters. The average Bonchev–Trinajstić information content (AvgIpc) is 3.27. The molecule has 0 bridgehead atoms. The van der Waals surface area contributed by atoms with Gasteiger partial charge in [-0.1, -0.05) is 20.3 Å². The summed E-state index contributed by atoms with van der Waals surface area (Å²) in [5.41, 5.74) is 0. The van der Waals surface area contributed by atoms with Crippen molar-refractivity contribution in [2.75, 3.05) is 0 Å². The first kappa shape index (κ1) is 12.5. The third-order valence-electron chi connectivity index (χ3n) is 5.41. The Morgan fingerprint density at radius 2 is 1.56 bits per heavy atom. The highest BCUT2D eigenvalue weighted by atomic mass is 16.2.